The first kappa shape index (κ1) is 15.2. The summed E-state index contributed by atoms with van der Waals surface area (Å²) < 4.78 is 12.1. The maximum Gasteiger partial charge on any atom is 0.333 e. The minimum Gasteiger partial charge on any atom is -0.488 e. The maximum absolute atomic E-state index is 11.3. The van der Waals surface area contributed by atoms with Crippen molar-refractivity contribution in [1.82, 2.24) is 0 Å². The fraction of sp³-hybridized carbons (Fsp3) is 0.308. The van der Waals surface area contributed by atoms with Crippen molar-refractivity contribution < 1.29 is 14.3 Å². The molecule has 0 bridgehead atoms. The van der Waals surface area contributed by atoms with Crippen LogP contribution in [0.3, 0.4) is 0 Å². The zero-order valence-electron chi connectivity index (χ0n) is 10.2. The third kappa shape index (κ3) is 4.46. The Morgan fingerprint density at radius 1 is 1.39 bits per heavy atom. The topological polar surface area (TPSA) is 35.5 Å². The Morgan fingerprint density at radius 2 is 2.11 bits per heavy atom. The van der Waals surface area contributed by atoms with Crippen molar-refractivity contribution in [1.29, 1.82) is 0 Å². The van der Waals surface area contributed by atoms with E-state index in [2.05, 4.69) is 36.6 Å². The number of esters is 1. The summed E-state index contributed by atoms with van der Waals surface area (Å²) in [5, 5.41) is 0. The van der Waals surface area contributed by atoms with Crippen LogP contribution in [-0.4, -0.2) is 19.7 Å². The Morgan fingerprint density at radius 3 is 2.67 bits per heavy atom. The molecule has 18 heavy (non-hydrogen) atoms. The summed E-state index contributed by atoms with van der Waals surface area (Å²) in [4.78, 5) is 11.3. The summed E-state index contributed by atoms with van der Waals surface area (Å²) in [5.74, 6) is 0.422. The van der Waals surface area contributed by atoms with Gasteiger partial charge in [0.2, 0.25) is 0 Å². The monoisotopic (exact) mass is 376 g/mol. The molecule has 1 aromatic rings. The lowest BCUT2D eigenvalue weighted by Gasteiger charge is -2.07. The molecular weight excluding hydrogens is 364 g/mol. The van der Waals surface area contributed by atoms with Gasteiger partial charge in [-0.2, -0.15) is 0 Å². The molecule has 0 aromatic heterocycles. The molecule has 0 fully saturated rings. The van der Waals surface area contributed by atoms with Crippen molar-refractivity contribution in [2.24, 2.45) is 0 Å². The third-order valence-corrected chi connectivity index (χ3v) is 3.40. The van der Waals surface area contributed by atoms with Gasteiger partial charge in [0.25, 0.3) is 0 Å². The van der Waals surface area contributed by atoms with Gasteiger partial charge in [-0.15, -0.1) is 0 Å². The number of carbonyl (C=O) groups is 1. The fourth-order valence-corrected chi connectivity index (χ4v) is 2.49. The molecule has 1 aromatic carbocycles. The summed E-state index contributed by atoms with van der Waals surface area (Å²) in [6.07, 6.45) is 2.36. The van der Waals surface area contributed by atoms with E-state index in [4.69, 9.17) is 4.74 Å². The molecule has 0 spiro atoms. The molecule has 0 aliphatic carbocycles. The van der Waals surface area contributed by atoms with Crippen molar-refractivity contribution in [3.8, 4) is 5.75 Å². The second kappa shape index (κ2) is 7.59. The number of rotatable bonds is 5. The largest absolute Gasteiger partial charge is 0.488 e. The molecule has 0 atom stereocenters. The second-order valence-electron chi connectivity index (χ2n) is 3.46. The van der Waals surface area contributed by atoms with Crippen LogP contribution >= 0.6 is 31.9 Å². The normalized spacial score (nSPS) is 11.2. The predicted octanol–water partition coefficient (Wildman–Crippen LogP) is 4.10. The van der Waals surface area contributed by atoms with E-state index >= 15 is 0 Å². The Bertz CT molecular complexity index is 456. The highest BCUT2D eigenvalue weighted by Gasteiger charge is 2.06. The van der Waals surface area contributed by atoms with E-state index < -0.39 is 0 Å². The third-order valence-electron chi connectivity index (χ3n) is 2.29. The number of carbonyl (C=O) groups excluding carboxylic acids is 1. The second-order valence-corrected chi connectivity index (χ2v) is 5.23. The van der Waals surface area contributed by atoms with Crippen LogP contribution < -0.4 is 4.74 Å². The van der Waals surface area contributed by atoms with Crippen molar-refractivity contribution in [2.75, 3.05) is 13.7 Å². The van der Waals surface area contributed by atoms with Crippen molar-refractivity contribution >= 4 is 37.8 Å². The smallest absolute Gasteiger partial charge is 0.333 e. The predicted molar refractivity (Wildman–Crippen MR) is 77.7 cm³/mol. The summed E-state index contributed by atoms with van der Waals surface area (Å²) in [7, 11) is 1.37. The van der Waals surface area contributed by atoms with E-state index in [1.165, 1.54) is 7.11 Å². The van der Waals surface area contributed by atoms with Crippen LogP contribution in [0.1, 0.15) is 13.3 Å². The first-order chi connectivity index (χ1) is 8.58. The van der Waals surface area contributed by atoms with Gasteiger partial charge >= 0.3 is 5.97 Å². The molecule has 0 aliphatic rings. The van der Waals surface area contributed by atoms with Crippen LogP contribution in [0.2, 0.25) is 0 Å². The highest BCUT2D eigenvalue weighted by molar-refractivity contribution is 9.11. The molecule has 98 valence electrons. The number of hydrogen-bond acceptors (Lipinski definition) is 3. The van der Waals surface area contributed by atoms with Crippen molar-refractivity contribution in [3.63, 3.8) is 0 Å². The lowest BCUT2D eigenvalue weighted by Crippen LogP contribution is -2.06. The quantitative estimate of drug-likeness (QED) is 0.572. The number of halogens is 2. The van der Waals surface area contributed by atoms with Crippen LogP contribution in [-0.2, 0) is 9.53 Å². The standard InChI is InChI=1S/C13H14Br2O3/c1-3-9(13(16)17-2)6-7-18-12-5-4-10(14)8-11(12)15/h4-6,8H,3,7H2,1-2H3. The van der Waals surface area contributed by atoms with Crippen LogP contribution in [0.4, 0.5) is 0 Å². The lowest BCUT2D eigenvalue weighted by molar-refractivity contribution is -0.136. The molecule has 0 unspecified atom stereocenters. The van der Waals surface area contributed by atoms with Crippen molar-refractivity contribution in [3.05, 3.63) is 38.8 Å². The maximum atomic E-state index is 11.3. The number of hydrogen-bond donors (Lipinski definition) is 0. The Hall–Kier alpha value is -0.810. The van der Waals surface area contributed by atoms with Crippen LogP contribution in [0.25, 0.3) is 0 Å². The van der Waals surface area contributed by atoms with Crippen molar-refractivity contribution in [2.45, 2.75) is 13.3 Å². The average molecular weight is 378 g/mol. The van der Waals surface area contributed by atoms with Gasteiger partial charge in [0.15, 0.2) is 0 Å². The molecule has 0 N–H and O–H groups in total. The van der Waals surface area contributed by atoms with Crippen LogP contribution in [0.15, 0.2) is 38.8 Å². The Balaban J connectivity index is 2.65. The van der Waals surface area contributed by atoms with Gasteiger partial charge in [-0.05, 0) is 46.6 Å². The molecule has 5 heteroatoms. The highest BCUT2D eigenvalue weighted by atomic mass is 79.9. The molecule has 0 amide bonds. The van der Waals surface area contributed by atoms with Gasteiger partial charge in [-0.1, -0.05) is 22.9 Å². The van der Waals surface area contributed by atoms with Gasteiger partial charge in [0.1, 0.15) is 12.4 Å². The van der Waals surface area contributed by atoms with Crippen LogP contribution in [0, 0.1) is 0 Å². The summed E-state index contributed by atoms with van der Waals surface area (Å²) in [6.45, 7) is 2.23. The van der Waals surface area contributed by atoms with E-state index in [0.29, 0.717) is 18.6 Å². The molecule has 1 rings (SSSR count). The molecule has 0 radical (unpaired) electrons. The minimum atomic E-state index is -0.309. The highest BCUT2D eigenvalue weighted by Crippen LogP contribution is 2.28. The van der Waals surface area contributed by atoms with E-state index in [0.717, 1.165) is 14.7 Å². The average Bonchev–Trinajstić information content (AvgIpc) is 2.36. The Kier molecular flexibility index (Phi) is 6.43. The zero-order chi connectivity index (χ0) is 13.5. The van der Waals surface area contributed by atoms with Crippen LogP contribution in [0.5, 0.6) is 5.75 Å². The molecule has 3 nitrogen and oxygen atoms in total. The summed E-state index contributed by atoms with van der Waals surface area (Å²) >= 11 is 6.78. The molecule has 0 saturated heterocycles. The first-order valence-electron chi connectivity index (χ1n) is 5.43. The minimum absolute atomic E-state index is 0.309. The fourth-order valence-electron chi connectivity index (χ4n) is 1.33. The van der Waals surface area contributed by atoms with Gasteiger partial charge in [-0.25, -0.2) is 4.79 Å². The molecular formula is C13H14Br2O3. The summed E-state index contributed by atoms with van der Waals surface area (Å²) in [5.41, 5.74) is 0.616. The van der Waals surface area contributed by atoms with E-state index in [9.17, 15) is 4.79 Å². The number of methoxy groups -OCH3 is 1. The van der Waals surface area contributed by atoms with Gasteiger partial charge < -0.3 is 9.47 Å². The number of benzene rings is 1. The van der Waals surface area contributed by atoms with Gasteiger partial charge in [0, 0.05) is 10.0 Å². The van der Waals surface area contributed by atoms with Gasteiger partial charge in [-0.3, -0.25) is 0 Å². The first-order valence-corrected chi connectivity index (χ1v) is 7.02. The van der Waals surface area contributed by atoms with E-state index in [1.54, 1.807) is 6.08 Å². The molecule has 0 saturated carbocycles. The van der Waals surface area contributed by atoms with Gasteiger partial charge in [0.05, 0.1) is 11.6 Å². The SMILES string of the molecule is CCC(=CCOc1ccc(Br)cc1Br)C(=O)OC. The molecule has 0 aliphatic heterocycles. The van der Waals surface area contributed by atoms with E-state index in [1.807, 2.05) is 25.1 Å². The lowest BCUT2D eigenvalue weighted by atomic mass is 10.2. The zero-order valence-corrected chi connectivity index (χ0v) is 13.4. The summed E-state index contributed by atoms with van der Waals surface area (Å²) in [6, 6.07) is 5.65. The van der Waals surface area contributed by atoms with E-state index in [-0.39, 0.29) is 5.97 Å². The molecule has 0 heterocycles. The number of ether oxygens (including phenoxy) is 2. The Labute approximate surface area is 123 Å².